The number of aromatic nitrogens is 1. The van der Waals surface area contributed by atoms with E-state index in [1.807, 2.05) is 42.6 Å². The fourth-order valence-electron chi connectivity index (χ4n) is 2.69. The molecule has 2 heterocycles. The van der Waals surface area contributed by atoms with Gasteiger partial charge in [0.05, 0.1) is 11.4 Å². The van der Waals surface area contributed by atoms with Crippen LogP contribution in [-0.2, 0) is 0 Å². The molecule has 4 rings (SSSR count). The molecule has 2 aliphatic rings. The minimum absolute atomic E-state index is 0.144. The van der Waals surface area contributed by atoms with Gasteiger partial charge >= 0.3 is 0 Å². The molecule has 0 saturated heterocycles. The zero-order valence-electron chi connectivity index (χ0n) is 10.6. The predicted molar refractivity (Wildman–Crippen MR) is 82.6 cm³/mol. The van der Waals surface area contributed by atoms with Crippen molar-refractivity contribution >= 4 is 27.0 Å². The lowest BCUT2D eigenvalue weighted by Gasteiger charge is -2.18. The number of fused-ring (bicyclic) bond motifs is 2. The van der Waals surface area contributed by atoms with Crippen LogP contribution in [0.5, 0.6) is 0 Å². The highest BCUT2D eigenvalue weighted by molar-refractivity contribution is 7.19. The van der Waals surface area contributed by atoms with Crippen LogP contribution in [0.3, 0.4) is 0 Å². The Balaban J connectivity index is 1.85. The summed E-state index contributed by atoms with van der Waals surface area (Å²) in [7, 11) is 0. The highest BCUT2D eigenvalue weighted by Gasteiger charge is 2.29. The van der Waals surface area contributed by atoms with E-state index in [-0.39, 0.29) is 17.5 Å². The molecular weight excluding hydrogens is 268 g/mol. The second-order valence-corrected chi connectivity index (χ2v) is 5.94. The molecule has 0 spiro atoms. The zero-order chi connectivity index (χ0) is 13.5. The third-order valence-corrected chi connectivity index (χ3v) is 4.80. The van der Waals surface area contributed by atoms with Gasteiger partial charge in [-0.1, -0.05) is 36.4 Å². The summed E-state index contributed by atoms with van der Waals surface area (Å²) >= 11 is 1.58. The summed E-state index contributed by atoms with van der Waals surface area (Å²) in [4.78, 5) is 16.4. The Morgan fingerprint density at radius 2 is 2.00 bits per heavy atom. The molecule has 2 atom stereocenters. The molecule has 3 nitrogen and oxygen atoms in total. The Morgan fingerprint density at radius 3 is 2.95 bits per heavy atom. The van der Waals surface area contributed by atoms with Crippen LogP contribution in [0.2, 0.25) is 0 Å². The van der Waals surface area contributed by atoms with Crippen molar-refractivity contribution in [1.29, 1.82) is 0 Å². The first-order valence-electron chi connectivity index (χ1n) is 6.54. The second-order valence-electron chi connectivity index (χ2n) is 4.91. The molecule has 1 N–H and O–H groups in total. The second kappa shape index (κ2) is 4.42. The minimum Gasteiger partial charge on any atom is -0.383 e. The van der Waals surface area contributed by atoms with Crippen LogP contribution in [0.15, 0.2) is 59.6 Å². The van der Waals surface area contributed by atoms with Gasteiger partial charge in [0.2, 0.25) is 0 Å². The molecule has 98 valence electrons. The smallest absolute Gasteiger partial charge is 0.279 e. The summed E-state index contributed by atoms with van der Waals surface area (Å²) in [6.45, 7) is 0. The first-order valence-corrected chi connectivity index (χ1v) is 7.36. The first kappa shape index (κ1) is 11.6. The maximum Gasteiger partial charge on any atom is 0.279 e. The Hall–Kier alpha value is -2.20. The summed E-state index contributed by atoms with van der Waals surface area (Å²) < 4.78 is 0.988. The third kappa shape index (κ3) is 1.72. The Morgan fingerprint density at radius 1 is 1.15 bits per heavy atom. The van der Waals surface area contributed by atoms with Gasteiger partial charge in [0, 0.05) is 22.4 Å². The van der Waals surface area contributed by atoms with Gasteiger partial charge in [-0.25, -0.2) is 0 Å². The molecular formula is C16H12N2OS. The molecule has 0 bridgehead atoms. The van der Waals surface area contributed by atoms with Crippen molar-refractivity contribution in [1.82, 2.24) is 10.3 Å². The van der Waals surface area contributed by atoms with E-state index in [0.717, 1.165) is 15.3 Å². The number of allylic oxidation sites excluding steroid dienone is 2. The van der Waals surface area contributed by atoms with Gasteiger partial charge in [-0.3, -0.25) is 4.79 Å². The van der Waals surface area contributed by atoms with Gasteiger partial charge in [0.1, 0.15) is 5.01 Å². The van der Waals surface area contributed by atoms with Crippen LogP contribution in [0, 0.1) is 5.92 Å². The maximum absolute atomic E-state index is 12.1. The molecule has 0 radical (unpaired) electrons. The maximum atomic E-state index is 12.1. The van der Waals surface area contributed by atoms with Crippen molar-refractivity contribution in [2.75, 3.05) is 0 Å². The van der Waals surface area contributed by atoms with Crippen LogP contribution >= 0.6 is 11.3 Å². The van der Waals surface area contributed by atoms with E-state index in [9.17, 15) is 4.79 Å². The van der Waals surface area contributed by atoms with Crippen LogP contribution in [0.1, 0.15) is 5.01 Å². The molecule has 2 aromatic rings. The monoisotopic (exact) mass is 280 g/mol. The van der Waals surface area contributed by atoms with Crippen molar-refractivity contribution in [2.45, 2.75) is 6.04 Å². The number of rotatable bonds is 1. The van der Waals surface area contributed by atoms with Crippen molar-refractivity contribution in [3.05, 3.63) is 70.1 Å². The van der Waals surface area contributed by atoms with Crippen molar-refractivity contribution in [2.24, 2.45) is 5.92 Å². The highest BCUT2D eigenvalue weighted by atomic mass is 32.1. The van der Waals surface area contributed by atoms with E-state index >= 15 is 0 Å². The first-order chi connectivity index (χ1) is 9.83. The molecule has 0 fully saturated rings. The van der Waals surface area contributed by atoms with Gasteiger partial charge in [-0.15, -0.1) is 11.3 Å². The Labute approximate surface area is 120 Å². The van der Waals surface area contributed by atoms with E-state index < -0.39 is 0 Å². The number of nitrogens with one attached hydrogen (secondary N) is 1. The molecule has 1 aromatic heterocycles. The standard InChI is InChI=1S/C16H12N2OS/c19-15-11-6-2-4-8-14(11)20-16(18-15)12-9-17-13-7-3-1-5-10(12)13/h1-10,13,17H. The zero-order valence-corrected chi connectivity index (χ0v) is 11.4. The molecule has 0 saturated carbocycles. The fourth-order valence-corrected chi connectivity index (χ4v) is 3.75. The lowest BCUT2D eigenvalue weighted by Crippen LogP contribution is -2.25. The molecule has 20 heavy (non-hydrogen) atoms. The minimum atomic E-state index is -0.144. The van der Waals surface area contributed by atoms with E-state index in [0.29, 0.717) is 5.39 Å². The topological polar surface area (TPSA) is 42.0 Å². The molecule has 2 unspecified atom stereocenters. The largest absolute Gasteiger partial charge is 0.383 e. The van der Waals surface area contributed by atoms with Gasteiger partial charge in [-0.05, 0) is 12.1 Å². The summed E-state index contributed by atoms with van der Waals surface area (Å²) in [5.74, 6) is 0.268. The third-order valence-electron chi connectivity index (χ3n) is 3.70. The average Bonchev–Trinajstić information content (AvgIpc) is 2.91. The number of benzene rings is 1. The van der Waals surface area contributed by atoms with Crippen LogP contribution < -0.4 is 10.9 Å². The van der Waals surface area contributed by atoms with Crippen molar-refractivity contribution in [3.63, 3.8) is 0 Å². The normalized spacial score (nSPS) is 23.5. The predicted octanol–water partition coefficient (Wildman–Crippen LogP) is 2.71. The van der Waals surface area contributed by atoms with Gasteiger partial charge in [0.15, 0.2) is 0 Å². The highest BCUT2D eigenvalue weighted by Crippen LogP contribution is 2.35. The molecule has 0 amide bonds. The number of nitrogens with zero attached hydrogens (tertiary/aromatic N) is 1. The Kier molecular flexibility index (Phi) is 2.57. The van der Waals surface area contributed by atoms with Gasteiger partial charge in [0.25, 0.3) is 5.56 Å². The van der Waals surface area contributed by atoms with Crippen LogP contribution in [0.4, 0.5) is 0 Å². The van der Waals surface area contributed by atoms with Crippen LogP contribution in [-0.4, -0.2) is 11.0 Å². The molecule has 1 aromatic carbocycles. The molecule has 4 heteroatoms. The SMILES string of the molecule is O=c1nc(C2=CNC3C=CC=CC23)sc2ccccc12. The average molecular weight is 280 g/mol. The molecule has 1 aliphatic carbocycles. The quantitative estimate of drug-likeness (QED) is 0.873. The van der Waals surface area contributed by atoms with Gasteiger partial charge in [-0.2, -0.15) is 4.98 Å². The van der Waals surface area contributed by atoms with Gasteiger partial charge < -0.3 is 5.32 Å². The van der Waals surface area contributed by atoms with E-state index in [1.54, 1.807) is 11.3 Å². The van der Waals surface area contributed by atoms with E-state index in [1.165, 1.54) is 0 Å². The fraction of sp³-hybridized carbons (Fsp3) is 0.125. The van der Waals surface area contributed by atoms with E-state index in [2.05, 4.69) is 22.5 Å². The number of hydrogen-bond acceptors (Lipinski definition) is 4. The summed E-state index contributed by atoms with van der Waals surface area (Å²) in [6, 6.07) is 7.92. The summed E-state index contributed by atoms with van der Waals surface area (Å²) in [6.07, 6.45) is 10.4. The number of hydrogen-bond donors (Lipinski definition) is 1. The summed E-state index contributed by atoms with van der Waals surface area (Å²) in [5.41, 5.74) is 0.956. The van der Waals surface area contributed by atoms with E-state index in [4.69, 9.17) is 0 Å². The van der Waals surface area contributed by atoms with Crippen LogP contribution in [0.25, 0.3) is 15.7 Å². The Bertz CT molecular complexity index is 832. The summed E-state index contributed by atoms with van der Waals surface area (Å²) in [5, 5.41) is 4.85. The molecule has 1 aliphatic heterocycles. The lowest BCUT2D eigenvalue weighted by atomic mass is 9.92. The lowest BCUT2D eigenvalue weighted by molar-refractivity contribution is 0.656. The van der Waals surface area contributed by atoms with Crippen molar-refractivity contribution < 1.29 is 0 Å². The van der Waals surface area contributed by atoms with Crippen molar-refractivity contribution in [3.8, 4) is 0 Å².